The van der Waals surface area contributed by atoms with Crippen molar-refractivity contribution in [2.24, 2.45) is 10.2 Å². The normalized spacial score (nSPS) is 17.2. The zero-order valence-electron chi connectivity index (χ0n) is 19.5. The lowest BCUT2D eigenvalue weighted by Crippen LogP contribution is -2.32. The number of thioether (sulfide) groups is 1. The zero-order valence-corrected chi connectivity index (χ0v) is 20.3. The smallest absolute Gasteiger partial charge is 0.242 e. The molecule has 1 amide bonds. The number of ether oxygens (including phenoxy) is 2. The third kappa shape index (κ3) is 6.48. The Kier molecular flexibility index (Phi) is 9.13. The van der Waals surface area contributed by atoms with E-state index in [1.54, 1.807) is 24.3 Å². The van der Waals surface area contributed by atoms with Gasteiger partial charge in [0.25, 0.3) is 0 Å². The first-order valence-corrected chi connectivity index (χ1v) is 12.0. The van der Waals surface area contributed by atoms with Crippen LogP contribution in [-0.2, 0) is 11.2 Å². The summed E-state index contributed by atoms with van der Waals surface area (Å²) in [6.45, 7) is 9.02. The van der Waals surface area contributed by atoms with Crippen LogP contribution in [0, 0.1) is 6.92 Å². The monoisotopic (exact) mass is 465 g/mol. The molecule has 7 heteroatoms. The van der Waals surface area contributed by atoms with Crippen molar-refractivity contribution < 1.29 is 14.3 Å². The number of carbonyl (C=O) groups is 1. The largest absolute Gasteiger partial charge is 0.493 e. The van der Waals surface area contributed by atoms with Gasteiger partial charge in [0.1, 0.15) is 0 Å². The van der Waals surface area contributed by atoms with Gasteiger partial charge in [0.15, 0.2) is 16.7 Å². The summed E-state index contributed by atoms with van der Waals surface area (Å²) in [7, 11) is 1.62. The van der Waals surface area contributed by atoms with Gasteiger partial charge < -0.3 is 9.47 Å². The van der Waals surface area contributed by atoms with Crippen molar-refractivity contribution in [3.8, 4) is 11.5 Å². The lowest BCUT2D eigenvalue weighted by molar-refractivity contribution is -0.125. The average Bonchev–Trinajstić information content (AvgIpc) is 3.11. The van der Waals surface area contributed by atoms with E-state index in [1.165, 1.54) is 22.9 Å². The van der Waals surface area contributed by atoms with Crippen molar-refractivity contribution in [3.63, 3.8) is 0 Å². The van der Waals surface area contributed by atoms with E-state index in [0.717, 1.165) is 18.4 Å². The molecule has 2 aromatic rings. The van der Waals surface area contributed by atoms with Crippen LogP contribution in [0.2, 0.25) is 0 Å². The minimum atomic E-state index is -0.223. The first-order valence-electron chi connectivity index (χ1n) is 11.1. The van der Waals surface area contributed by atoms with Gasteiger partial charge in [-0.2, -0.15) is 5.10 Å². The highest BCUT2D eigenvalue weighted by Crippen LogP contribution is 2.31. The van der Waals surface area contributed by atoms with Gasteiger partial charge in [0, 0.05) is 6.54 Å². The lowest BCUT2D eigenvalue weighted by atomic mass is 10.0. The molecule has 1 aliphatic rings. The van der Waals surface area contributed by atoms with E-state index in [-0.39, 0.29) is 11.2 Å². The number of benzene rings is 2. The Hall–Kier alpha value is -3.06. The summed E-state index contributed by atoms with van der Waals surface area (Å²) in [5.74, 6) is 1.40. The highest BCUT2D eigenvalue weighted by Gasteiger charge is 2.37. The topological polar surface area (TPSA) is 63.5 Å². The van der Waals surface area contributed by atoms with E-state index in [0.29, 0.717) is 36.2 Å². The van der Waals surface area contributed by atoms with Crippen LogP contribution in [0.4, 0.5) is 0 Å². The van der Waals surface area contributed by atoms with Crippen LogP contribution in [-0.4, -0.2) is 47.7 Å². The minimum absolute atomic E-state index is 0.0346. The SMILES string of the molecule is C=CCN1C(=O)C(Cc2ccccc2C)SC1=NN=Cc1ccc(OCCCC)c(OC)c1. The molecule has 1 fully saturated rings. The Balaban J connectivity index is 1.73. The second-order valence-electron chi connectivity index (χ2n) is 7.71. The molecule has 6 nitrogen and oxygen atoms in total. The van der Waals surface area contributed by atoms with Gasteiger partial charge in [-0.1, -0.05) is 55.4 Å². The van der Waals surface area contributed by atoms with Crippen LogP contribution in [0.25, 0.3) is 0 Å². The molecule has 174 valence electrons. The highest BCUT2D eigenvalue weighted by molar-refractivity contribution is 8.15. The van der Waals surface area contributed by atoms with E-state index in [9.17, 15) is 4.79 Å². The molecule has 1 saturated heterocycles. The molecular weight excluding hydrogens is 434 g/mol. The lowest BCUT2D eigenvalue weighted by Gasteiger charge is -2.13. The first-order chi connectivity index (χ1) is 16.1. The van der Waals surface area contributed by atoms with Crippen molar-refractivity contribution in [3.05, 3.63) is 71.8 Å². The molecule has 3 rings (SSSR count). The number of amides is 1. The molecule has 0 spiro atoms. The molecule has 33 heavy (non-hydrogen) atoms. The molecule has 1 heterocycles. The summed E-state index contributed by atoms with van der Waals surface area (Å²) >= 11 is 1.45. The number of methoxy groups -OCH3 is 1. The molecule has 0 saturated carbocycles. The number of unbranched alkanes of at least 4 members (excludes halogenated alkanes) is 1. The Morgan fingerprint density at radius 1 is 1.21 bits per heavy atom. The molecule has 1 atom stereocenters. The first kappa shape index (κ1) is 24.6. The fourth-order valence-electron chi connectivity index (χ4n) is 3.41. The predicted molar refractivity (Wildman–Crippen MR) is 137 cm³/mol. The molecular formula is C26H31N3O3S. The number of nitrogens with zero attached hydrogens (tertiary/aromatic N) is 3. The van der Waals surface area contributed by atoms with Crippen LogP contribution < -0.4 is 9.47 Å². The van der Waals surface area contributed by atoms with Crippen molar-refractivity contribution in [1.82, 2.24) is 4.90 Å². The minimum Gasteiger partial charge on any atom is -0.493 e. The van der Waals surface area contributed by atoms with Gasteiger partial charge in [0.05, 0.1) is 25.2 Å². The summed E-state index contributed by atoms with van der Waals surface area (Å²) in [6.07, 6.45) is 6.07. The molecule has 2 aromatic carbocycles. The molecule has 0 aliphatic carbocycles. The average molecular weight is 466 g/mol. The van der Waals surface area contributed by atoms with E-state index in [4.69, 9.17) is 9.47 Å². The summed E-state index contributed by atoms with van der Waals surface area (Å²) in [6, 6.07) is 13.8. The van der Waals surface area contributed by atoms with Gasteiger partial charge >= 0.3 is 0 Å². The number of hydrogen-bond acceptors (Lipinski definition) is 6. The zero-order chi connectivity index (χ0) is 23.6. The number of rotatable bonds is 11. The summed E-state index contributed by atoms with van der Waals surface area (Å²) < 4.78 is 11.2. The molecule has 1 unspecified atom stereocenters. The van der Waals surface area contributed by atoms with Crippen molar-refractivity contribution >= 4 is 29.1 Å². The predicted octanol–water partition coefficient (Wildman–Crippen LogP) is 5.25. The maximum Gasteiger partial charge on any atom is 0.242 e. The number of carbonyl (C=O) groups excluding carboxylic acids is 1. The van der Waals surface area contributed by atoms with Gasteiger partial charge in [-0.25, -0.2) is 0 Å². The van der Waals surface area contributed by atoms with Crippen LogP contribution >= 0.6 is 11.8 Å². The second-order valence-corrected chi connectivity index (χ2v) is 8.88. The Bertz CT molecular complexity index is 1040. The molecule has 0 radical (unpaired) electrons. The molecule has 0 bridgehead atoms. The quantitative estimate of drug-likeness (QED) is 0.197. The maximum absolute atomic E-state index is 13.0. The van der Waals surface area contributed by atoms with Crippen LogP contribution in [0.3, 0.4) is 0 Å². The molecule has 0 N–H and O–H groups in total. The summed E-state index contributed by atoms with van der Waals surface area (Å²) in [4.78, 5) is 14.6. The Morgan fingerprint density at radius 3 is 2.76 bits per heavy atom. The van der Waals surface area contributed by atoms with Crippen molar-refractivity contribution in [2.75, 3.05) is 20.3 Å². The third-order valence-corrected chi connectivity index (χ3v) is 6.46. The summed E-state index contributed by atoms with van der Waals surface area (Å²) in [5, 5.41) is 8.97. The van der Waals surface area contributed by atoms with Crippen LogP contribution in [0.5, 0.6) is 11.5 Å². The Morgan fingerprint density at radius 2 is 2.03 bits per heavy atom. The van der Waals surface area contributed by atoms with E-state index < -0.39 is 0 Å². The molecule has 1 aliphatic heterocycles. The van der Waals surface area contributed by atoms with Crippen molar-refractivity contribution in [2.45, 2.75) is 38.4 Å². The van der Waals surface area contributed by atoms with Crippen molar-refractivity contribution in [1.29, 1.82) is 0 Å². The van der Waals surface area contributed by atoms with E-state index >= 15 is 0 Å². The Labute approximate surface area is 200 Å². The van der Waals surface area contributed by atoms with Gasteiger partial charge in [-0.3, -0.25) is 9.69 Å². The van der Waals surface area contributed by atoms with E-state index in [1.807, 2.05) is 30.3 Å². The molecule has 0 aromatic heterocycles. The maximum atomic E-state index is 13.0. The standard InChI is InChI=1S/C26H31N3O3S/c1-5-7-15-32-22-13-12-20(16-23(22)31-4)18-27-28-26-29(14-6-2)25(30)24(33-26)17-21-11-9-8-10-19(21)3/h6,8-13,16,18,24H,2,5,7,14-15,17H2,1,3-4H3. The highest BCUT2D eigenvalue weighted by atomic mass is 32.2. The fourth-order valence-corrected chi connectivity index (χ4v) is 4.54. The van der Waals surface area contributed by atoms with Gasteiger partial charge in [-0.05, 0) is 54.7 Å². The fraction of sp³-hybridized carbons (Fsp3) is 0.346. The number of amidine groups is 1. The van der Waals surface area contributed by atoms with E-state index in [2.05, 4.69) is 42.8 Å². The van der Waals surface area contributed by atoms with Gasteiger partial charge in [-0.15, -0.1) is 11.7 Å². The second kappa shape index (κ2) is 12.3. The number of hydrogen-bond donors (Lipinski definition) is 0. The van der Waals surface area contributed by atoms with Gasteiger partial charge in [0.2, 0.25) is 5.91 Å². The number of aryl methyl sites for hydroxylation is 1. The van der Waals surface area contributed by atoms with Crippen LogP contribution in [0.1, 0.15) is 36.5 Å². The summed E-state index contributed by atoms with van der Waals surface area (Å²) in [5.41, 5.74) is 3.18. The third-order valence-electron chi connectivity index (χ3n) is 5.29. The van der Waals surface area contributed by atoms with Crippen LogP contribution in [0.15, 0.2) is 65.3 Å².